The van der Waals surface area contributed by atoms with Crippen molar-refractivity contribution in [1.82, 2.24) is 20.2 Å². The Morgan fingerprint density at radius 1 is 1.32 bits per heavy atom. The number of H-pyrrole nitrogens is 1. The van der Waals surface area contributed by atoms with Gasteiger partial charge in [-0.05, 0) is 35.4 Å². The summed E-state index contributed by atoms with van der Waals surface area (Å²) in [7, 11) is 0. The molecule has 1 aliphatic rings. The van der Waals surface area contributed by atoms with Crippen molar-refractivity contribution < 1.29 is 4.79 Å². The predicted octanol–water partition coefficient (Wildman–Crippen LogP) is 2.93. The summed E-state index contributed by atoms with van der Waals surface area (Å²) in [6, 6.07) is 11.6. The minimum Gasteiger partial charge on any atom is -0.346 e. The van der Waals surface area contributed by atoms with Crippen LogP contribution in [0, 0.1) is 0 Å². The van der Waals surface area contributed by atoms with Crippen LogP contribution in [0.2, 0.25) is 5.02 Å². The molecule has 1 aromatic carbocycles. The second-order valence-corrected chi connectivity index (χ2v) is 6.69. The number of nitrogens with zero attached hydrogens (tertiary/aromatic N) is 2. The predicted molar refractivity (Wildman–Crippen MR) is 98.6 cm³/mol. The van der Waals surface area contributed by atoms with Crippen LogP contribution >= 0.6 is 11.6 Å². The van der Waals surface area contributed by atoms with Crippen LogP contribution in [0.5, 0.6) is 0 Å². The maximum absolute atomic E-state index is 13.0. The molecule has 0 aliphatic carbocycles. The van der Waals surface area contributed by atoms with Gasteiger partial charge in [0, 0.05) is 42.4 Å². The molecule has 0 saturated carbocycles. The van der Waals surface area contributed by atoms with Gasteiger partial charge in [0.2, 0.25) is 5.91 Å². The lowest BCUT2D eigenvalue weighted by atomic mass is 10.0. The van der Waals surface area contributed by atoms with E-state index in [9.17, 15) is 4.79 Å². The molecule has 2 N–H and O–H groups in total. The number of aromatic nitrogens is 2. The average molecular weight is 355 g/mol. The summed E-state index contributed by atoms with van der Waals surface area (Å²) in [5.41, 5.74) is 2.86. The van der Waals surface area contributed by atoms with Crippen LogP contribution in [0.25, 0.3) is 11.0 Å². The number of carbonyl (C=O) groups is 1. The Kier molecular flexibility index (Phi) is 4.42. The standard InChI is InChI=1S/C19H19ClN4O/c20-15-4-1-3-13(9-15)17-12-21-7-8-24(17)18(25)10-14-11-23-19-16(14)5-2-6-22-19/h1-6,9,11,17,21H,7-8,10,12H2,(H,22,23). The molecule has 5 nitrogen and oxygen atoms in total. The largest absolute Gasteiger partial charge is 0.346 e. The van der Waals surface area contributed by atoms with Crippen LogP contribution in [0.3, 0.4) is 0 Å². The van der Waals surface area contributed by atoms with E-state index in [1.54, 1.807) is 6.20 Å². The average Bonchev–Trinajstić information content (AvgIpc) is 3.05. The van der Waals surface area contributed by atoms with Crippen LogP contribution < -0.4 is 5.32 Å². The van der Waals surface area contributed by atoms with Gasteiger partial charge < -0.3 is 15.2 Å². The number of nitrogens with one attached hydrogen (secondary N) is 2. The number of carbonyl (C=O) groups excluding carboxylic acids is 1. The minimum absolute atomic E-state index is 0.00304. The van der Waals surface area contributed by atoms with Crippen LogP contribution in [0.15, 0.2) is 48.8 Å². The number of fused-ring (bicyclic) bond motifs is 1. The zero-order valence-electron chi connectivity index (χ0n) is 13.7. The Morgan fingerprint density at radius 3 is 3.12 bits per heavy atom. The van der Waals surface area contributed by atoms with E-state index in [2.05, 4.69) is 15.3 Å². The fraction of sp³-hybridized carbons (Fsp3) is 0.263. The van der Waals surface area contributed by atoms with Gasteiger partial charge in [-0.25, -0.2) is 4.98 Å². The summed E-state index contributed by atoms with van der Waals surface area (Å²) in [5, 5.41) is 5.07. The third-order valence-corrected chi connectivity index (χ3v) is 4.91. The van der Waals surface area contributed by atoms with Crippen LogP contribution in [0.4, 0.5) is 0 Å². The molecule has 1 aliphatic heterocycles. The van der Waals surface area contributed by atoms with Gasteiger partial charge in [-0.3, -0.25) is 4.79 Å². The lowest BCUT2D eigenvalue weighted by Gasteiger charge is -2.36. The smallest absolute Gasteiger partial charge is 0.227 e. The Morgan fingerprint density at radius 2 is 2.24 bits per heavy atom. The van der Waals surface area contributed by atoms with E-state index in [0.29, 0.717) is 18.0 Å². The zero-order chi connectivity index (χ0) is 17.2. The molecule has 1 unspecified atom stereocenters. The maximum Gasteiger partial charge on any atom is 0.227 e. The third kappa shape index (κ3) is 3.25. The van der Waals surface area contributed by atoms with Gasteiger partial charge in [-0.2, -0.15) is 0 Å². The van der Waals surface area contributed by atoms with Crippen molar-refractivity contribution in [2.24, 2.45) is 0 Å². The molecule has 25 heavy (non-hydrogen) atoms. The molecule has 1 saturated heterocycles. The van der Waals surface area contributed by atoms with Crippen LogP contribution in [-0.2, 0) is 11.2 Å². The molecule has 1 amide bonds. The van der Waals surface area contributed by atoms with Crippen molar-refractivity contribution in [1.29, 1.82) is 0 Å². The number of rotatable bonds is 3. The fourth-order valence-corrected chi connectivity index (χ4v) is 3.64. The van der Waals surface area contributed by atoms with E-state index in [4.69, 9.17) is 11.6 Å². The van der Waals surface area contributed by atoms with Gasteiger partial charge in [0.15, 0.2) is 0 Å². The molecule has 0 spiro atoms. The lowest BCUT2D eigenvalue weighted by Crippen LogP contribution is -2.49. The third-order valence-electron chi connectivity index (χ3n) is 4.68. The van der Waals surface area contributed by atoms with Gasteiger partial charge >= 0.3 is 0 Å². The van der Waals surface area contributed by atoms with Crippen molar-refractivity contribution in [3.63, 3.8) is 0 Å². The van der Waals surface area contributed by atoms with Crippen molar-refractivity contribution in [2.45, 2.75) is 12.5 Å². The number of piperazine rings is 1. The molecule has 1 fully saturated rings. The van der Waals surface area contributed by atoms with E-state index < -0.39 is 0 Å². The van der Waals surface area contributed by atoms with Crippen molar-refractivity contribution in [3.8, 4) is 0 Å². The monoisotopic (exact) mass is 354 g/mol. The number of aromatic amines is 1. The molecular formula is C19H19ClN4O. The number of pyridine rings is 1. The highest BCUT2D eigenvalue weighted by molar-refractivity contribution is 6.30. The highest BCUT2D eigenvalue weighted by atomic mass is 35.5. The molecule has 0 radical (unpaired) electrons. The van der Waals surface area contributed by atoms with Crippen LogP contribution in [0.1, 0.15) is 17.2 Å². The second-order valence-electron chi connectivity index (χ2n) is 6.25. The zero-order valence-corrected chi connectivity index (χ0v) is 14.5. The van der Waals surface area contributed by atoms with Gasteiger partial charge in [0.25, 0.3) is 0 Å². The number of hydrogen-bond donors (Lipinski definition) is 2. The summed E-state index contributed by atoms with van der Waals surface area (Å²) in [6.07, 6.45) is 3.99. The highest BCUT2D eigenvalue weighted by Gasteiger charge is 2.28. The Balaban J connectivity index is 1.59. The van der Waals surface area contributed by atoms with E-state index >= 15 is 0 Å². The molecule has 4 rings (SSSR count). The lowest BCUT2D eigenvalue weighted by molar-refractivity contribution is -0.133. The number of amides is 1. The summed E-state index contributed by atoms with van der Waals surface area (Å²) in [5.74, 6) is 0.122. The molecule has 2 aromatic heterocycles. The van der Waals surface area contributed by atoms with E-state index in [0.717, 1.165) is 35.2 Å². The number of hydrogen-bond acceptors (Lipinski definition) is 3. The first-order valence-electron chi connectivity index (χ1n) is 8.39. The van der Waals surface area contributed by atoms with Crippen LogP contribution in [-0.4, -0.2) is 40.4 Å². The van der Waals surface area contributed by atoms with Crippen molar-refractivity contribution in [2.75, 3.05) is 19.6 Å². The normalized spacial score (nSPS) is 17.8. The summed E-state index contributed by atoms with van der Waals surface area (Å²) in [6.45, 7) is 2.23. The summed E-state index contributed by atoms with van der Waals surface area (Å²) >= 11 is 6.14. The Labute approximate surface area is 151 Å². The SMILES string of the molecule is O=C(Cc1c[nH]c2ncccc12)N1CCNCC1c1cccc(Cl)c1. The summed E-state index contributed by atoms with van der Waals surface area (Å²) in [4.78, 5) is 22.4. The van der Waals surface area contributed by atoms with Crippen molar-refractivity contribution in [3.05, 3.63) is 64.9 Å². The van der Waals surface area contributed by atoms with Gasteiger partial charge in [0.05, 0.1) is 12.5 Å². The molecule has 3 aromatic rings. The molecule has 6 heteroatoms. The highest BCUT2D eigenvalue weighted by Crippen LogP contribution is 2.26. The molecule has 0 bridgehead atoms. The van der Waals surface area contributed by atoms with E-state index in [1.165, 1.54) is 0 Å². The van der Waals surface area contributed by atoms with E-state index in [1.807, 2.05) is 47.5 Å². The van der Waals surface area contributed by atoms with Crippen molar-refractivity contribution >= 4 is 28.5 Å². The maximum atomic E-state index is 13.0. The fourth-order valence-electron chi connectivity index (χ4n) is 3.44. The van der Waals surface area contributed by atoms with E-state index in [-0.39, 0.29) is 11.9 Å². The first-order valence-corrected chi connectivity index (χ1v) is 8.77. The Bertz CT molecular complexity index is 907. The molecule has 128 valence electrons. The Hall–Kier alpha value is -2.37. The molecular weight excluding hydrogens is 336 g/mol. The molecule has 3 heterocycles. The quantitative estimate of drug-likeness (QED) is 0.760. The first kappa shape index (κ1) is 16.1. The van der Waals surface area contributed by atoms with Gasteiger partial charge in [-0.15, -0.1) is 0 Å². The number of benzene rings is 1. The topological polar surface area (TPSA) is 61.0 Å². The second kappa shape index (κ2) is 6.86. The minimum atomic E-state index is 0.00304. The first-order chi connectivity index (χ1) is 12.2. The van der Waals surface area contributed by atoms with Gasteiger partial charge in [0.1, 0.15) is 5.65 Å². The number of halogens is 1. The molecule has 1 atom stereocenters. The summed E-state index contributed by atoms with van der Waals surface area (Å²) < 4.78 is 0. The van der Waals surface area contributed by atoms with Gasteiger partial charge in [-0.1, -0.05) is 23.7 Å².